The van der Waals surface area contributed by atoms with Gasteiger partial charge < -0.3 is 14.7 Å². The van der Waals surface area contributed by atoms with Crippen LogP contribution in [0.2, 0.25) is 5.02 Å². The predicted octanol–water partition coefficient (Wildman–Crippen LogP) is 2.82. The fourth-order valence-corrected chi connectivity index (χ4v) is 2.04. The highest BCUT2D eigenvalue weighted by molar-refractivity contribution is 6.32. The minimum atomic E-state index is -0.996. The van der Waals surface area contributed by atoms with Crippen molar-refractivity contribution in [1.82, 2.24) is 4.90 Å². The summed E-state index contributed by atoms with van der Waals surface area (Å²) in [6.07, 6.45) is 1.51. The Hall–Kier alpha value is -1.75. The summed E-state index contributed by atoms with van der Waals surface area (Å²) in [7, 11) is 0. The molecule has 0 fully saturated rings. The number of hydrogen-bond acceptors (Lipinski definition) is 3. The second kappa shape index (κ2) is 9.23. The van der Waals surface area contributed by atoms with Crippen LogP contribution in [-0.4, -0.2) is 41.6 Å². The highest BCUT2D eigenvalue weighted by Gasteiger charge is 2.15. The lowest BCUT2D eigenvalue weighted by Gasteiger charge is -2.19. The lowest BCUT2D eigenvalue weighted by atomic mass is 10.2. The first-order valence-corrected chi connectivity index (χ1v) is 7.29. The molecule has 0 atom stereocenters. The third-order valence-corrected chi connectivity index (χ3v) is 3.11. The first-order valence-electron chi connectivity index (χ1n) is 6.91. The molecule has 0 saturated carbocycles. The van der Waals surface area contributed by atoms with Crippen LogP contribution in [0, 0.1) is 0 Å². The summed E-state index contributed by atoms with van der Waals surface area (Å²) in [6.45, 7) is 2.47. The number of carboxylic acid groups (broad SMARTS) is 1. The second-order valence-electron chi connectivity index (χ2n) is 4.59. The van der Waals surface area contributed by atoms with Gasteiger partial charge in [0.2, 0.25) is 5.91 Å². The van der Waals surface area contributed by atoms with Gasteiger partial charge in [0.15, 0.2) is 0 Å². The molecule has 1 aromatic rings. The number of halogens is 1. The molecule has 0 unspecified atom stereocenters. The Morgan fingerprint density at radius 1 is 1.33 bits per heavy atom. The number of amides is 1. The summed E-state index contributed by atoms with van der Waals surface area (Å²) in [5.41, 5.74) is 0. The number of aliphatic carboxylic acids is 1. The normalized spacial score (nSPS) is 10.2. The molecule has 0 aromatic heterocycles. The van der Waals surface area contributed by atoms with Gasteiger partial charge in [0.1, 0.15) is 12.3 Å². The summed E-state index contributed by atoms with van der Waals surface area (Å²) in [6, 6.07) is 7.13. The molecule has 0 radical (unpaired) electrons. The number of para-hydroxylation sites is 1. The van der Waals surface area contributed by atoms with Gasteiger partial charge >= 0.3 is 5.97 Å². The standard InChI is InChI=1S/C15H20ClNO4/c1-2-9-17(11-15(19)20)14(18)8-5-10-21-13-7-4-3-6-12(13)16/h3-4,6-7H,2,5,8-11H2,1H3,(H,19,20). The predicted molar refractivity (Wildman–Crippen MR) is 80.7 cm³/mol. The van der Waals surface area contributed by atoms with Crippen LogP contribution in [0.15, 0.2) is 24.3 Å². The van der Waals surface area contributed by atoms with E-state index in [0.717, 1.165) is 6.42 Å². The maximum atomic E-state index is 11.9. The smallest absolute Gasteiger partial charge is 0.323 e. The van der Waals surface area contributed by atoms with Crippen molar-refractivity contribution >= 4 is 23.5 Å². The number of carbonyl (C=O) groups is 2. The van der Waals surface area contributed by atoms with Crippen LogP contribution in [0.25, 0.3) is 0 Å². The molecular weight excluding hydrogens is 294 g/mol. The molecule has 116 valence electrons. The maximum Gasteiger partial charge on any atom is 0.323 e. The van der Waals surface area contributed by atoms with E-state index in [1.807, 2.05) is 19.1 Å². The highest BCUT2D eigenvalue weighted by Crippen LogP contribution is 2.23. The Morgan fingerprint density at radius 3 is 2.67 bits per heavy atom. The third-order valence-electron chi connectivity index (χ3n) is 2.80. The Bertz CT molecular complexity index is 478. The molecule has 21 heavy (non-hydrogen) atoms. The molecule has 1 rings (SSSR count). The zero-order valence-corrected chi connectivity index (χ0v) is 12.8. The van der Waals surface area contributed by atoms with Gasteiger partial charge in [-0.25, -0.2) is 0 Å². The van der Waals surface area contributed by atoms with Crippen LogP contribution in [0.1, 0.15) is 26.2 Å². The molecule has 5 nitrogen and oxygen atoms in total. The molecule has 0 spiro atoms. The minimum Gasteiger partial charge on any atom is -0.492 e. The van der Waals surface area contributed by atoms with Crippen LogP contribution in [0.3, 0.4) is 0 Å². The molecule has 0 saturated heterocycles. The fourth-order valence-electron chi connectivity index (χ4n) is 1.85. The van der Waals surface area contributed by atoms with Gasteiger partial charge in [0.05, 0.1) is 11.6 Å². The minimum absolute atomic E-state index is 0.165. The molecule has 6 heteroatoms. The SMILES string of the molecule is CCCN(CC(=O)O)C(=O)CCCOc1ccccc1Cl. The summed E-state index contributed by atoms with van der Waals surface area (Å²) < 4.78 is 5.49. The molecule has 1 N–H and O–H groups in total. The van der Waals surface area contributed by atoms with Crippen LogP contribution < -0.4 is 4.74 Å². The molecule has 0 aliphatic heterocycles. The van der Waals surface area contributed by atoms with Crippen molar-refractivity contribution in [2.75, 3.05) is 19.7 Å². The topological polar surface area (TPSA) is 66.8 Å². The van der Waals surface area contributed by atoms with Crippen molar-refractivity contribution in [3.8, 4) is 5.75 Å². The Morgan fingerprint density at radius 2 is 2.05 bits per heavy atom. The van der Waals surface area contributed by atoms with E-state index in [1.54, 1.807) is 12.1 Å². The molecule has 1 amide bonds. The van der Waals surface area contributed by atoms with E-state index in [0.29, 0.717) is 30.3 Å². The van der Waals surface area contributed by atoms with E-state index < -0.39 is 5.97 Å². The molecule has 0 heterocycles. The van der Waals surface area contributed by atoms with Gasteiger partial charge in [0.25, 0.3) is 0 Å². The first-order chi connectivity index (χ1) is 10.0. The first kappa shape index (κ1) is 17.3. The fraction of sp³-hybridized carbons (Fsp3) is 0.467. The van der Waals surface area contributed by atoms with Crippen LogP contribution >= 0.6 is 11.6 Å². The number of nitrogens with zero attached hydrogens (tertiary/aromatic N) is 1. The van der Waals surface area contributed by atoms with Crippen molar-refractivity contribution in [3.63, 3.8) is 0 Å². The Kier molecular flexibility index (Phi) is 7.61. The summed E-state index contributed by atoms with van der Waals surface area (Å²) >= 11 is 5.95. The number of carbonyl (C=O) groups excluding carboxylic acids is 1. The zero-order chi connectivity index (χ0) is 15.7. The van der Waals surface area contributed by atoms with Crippen LogP contribution in [0.5, 0.6) is 5.75 Å². The van der Waals surface area contributed by atoms with Crippen LogP contribution in [0.4, 0.5) is 0 Å². The lowest BCUT2D eigenvalue weighted by molar-refractivity contribution is -0.144. The van der Waals surface area contributed by atoms with E-state index in [4.69, 9.17) is 21.4 Å². The van der Waals surface area contributed by atoms with Crippen LogP contribution in [-0.2, 0) is 9.59 Å². The average Bonchev–Trinajstić information content (AvgIpc) is 2.44. The second-order valence-corrected chi connectivity index (χ2v) is 5.00. The number of rotatable bonds is 9. The Labute approximate surface area is 129 Å². The maximum absolute atomic E-state index is 11.9. The molecule has 0 aliphatic carbocycles. The summed E-state index contributed by atoms with van der Waals surface area (Å²) in [4.78, 5) is 24.0. The van der Waals surface area contributed by atoms with Crippen molar-refractivity contribution in [3.05, 3.63) is 29.3 Å². The van der Waals surface area contributed by atoms with E-state index >= 15 is 0 Å². The average molecular weight is 314 g/mol. The molecule has 0 aliphatic rings. The number of carboxylic acids is 1. The van der Waals surface area contributed by atoms with Gasteiger partial charge in [0, 0.05) is 13.0 Å². The van der Waals surface area contributed by atoms with Crippen molar-refractivity contribution in [2.45, 2.75) is 26.2 Å². The quantitative estimate of drug-likeness (QED) is 0.712. The number of ether oxygens (including phenoxy) is 1. The molecule has 1 aromatic carbocycles. The van der Waals surface area contributed by atoms with E-state index in [2.05, 4.69) is 0 Å². The van der Waals surface area contributed by atoms with Crippen molar-refractivity contribution in [2.24, 2.45) is 0 Å². The van der Waals surface area contributed by atoms with E-state index in [9.17, 15) is 9.59 Å². The van der Waals surface area contributed by atoms with Gasteiger partial charge in [-0.05, 0) is 25.0 Å². The van der Waals surface area contributed by atoms with Gasteiger partial charge in [-0.15, -0.1) is 0 Å². The van der Waals surface area contributed by atoms with Gasteiger partial charge in [-0.1, -0.05) is 30.7 Å². The monoisotopic (exact) mass is 313 g/mol. The van der Waals surface area contributed by atoms with E-state index in [1.165, 1.54) is 4.90 Å². The summed E-state index contributed by atoms with van der Waals surface area (Å²) in [5.74, 6) is -0.575. The number of benzene rings is 1. The summed E-state index contributed by atoms with van der Waals surface area (Å²) in [5, 5.41) is 9.31. The molecule has 0 bridgehead atoms. The Balaban J connectivity index is 2.35. The lowest BCUT2D eigenvalue weighted by Crippen LogP contribution is -2.36. The third kappa shape index (κ3) is 6.49. The highest BCUT2D eigenvalue weighted by atomic mass is 35.5. The van der Waals surface area contributed by atoms with Gasteiger partial charge in [-0.3, -0.25) is 9.59 Å². The van der Waals surface area contributed by atoms with Crippen molar-refractivity contribution in [1.29, 1.82) is 0 Å². The zero-order valence-electron chi connectivity index (χ0n) is 12.0. The largest absolute Gasteiger partial charge is 0.492 e. The number of hydrogen-bond donors (Lipinski definition) is 1. The molecular formula is C15H20ClNO4. The van der Waals surface area contributed by atoms with Gasteiger partial charge in [-0.2, -0.15) is 0 Å². The van der Waals surface area contributed by atoms with Crippen molar-refractivity contribution < 1.29 is 19.4 Å². The van der Waals surface area contributed by atoms with E-state index in [-0.39, 0.29) is 18.9 Å².